The van der Waals surface area contributed by atoms with E-state index in [0.29, 0.717) is 4.88 Å². The molecular weight excluding hydrogens is 388 g/mol. The first-order valence-electron chi connectivity index (χ1n) is 5.62. The SMILES string of the molecule is Cc1ccc(F)c(NS(=O)(=O)c2cc(CO)sc2Br)c1F. The first kappa shape index (κ1) is 16.3. The van der Waals surface area contributed by atoms with Crippen molar-refractivity contribution in [1.29, 1.82) is 0 Å². The van der Waals surface area contributed by atoms with Gasteiger partial charge in [-0.05, 0) is 40.5 Å². The normalized spacial score (nSPS) is 11.7. The number of halogens is 3. The van der Waals surface area contributed by atoms with E-state index in [1.807, 2.05) is 4.72 Å². The molecule has 0 aliphatic rings. The highest BCUT2D eigenvalue weighted by Crippen LogP contribution is 2.33. The Morgan fingerprint density at radius 2 is 2.05 bits per heavy atom. The van der Waals surface area contributed by atoms with E-state index in [1.54, 1.807) is 0 Å². The predicted molar refractivity (Wildman–Crippen MR) is 79.8 cm³/mol. The average Bonchev–Trinajstić information content (AvgIpc) is 2.81. The fourth-order valence-electron chi connectivity index (χ4n) is 1.60. The van der Waals surface area contributed by atoms with Crippen molar-refractivity contribution in [3.8, 4) is 0 Å². The monoisotopic (exact) mass is 397 g/mol. The molecule has 0 radical (unpaired) electrons. The molecule has 0 saturated carbocycles. The number of aryl methyl sites for hydroxylation is 1. The summed E-state index contributed by atoms with van der Waals surface area (Å²) in [5, 5.41) is 9.01. The Balaban J connectivity index is 2.47. The number of anilines is 1. The van der Waals surface area contributed by atoms with Gasteiger partial charge in [-0.2, -0.15) is 0 Å². The number of hydrogen-bond donors (Lipinski definition) is 2. The van der Waals surface area contributed by atoms with Gasteiger partial charge in [0.15, 0.2) is 5.82 Å². The molecule has 0 aliphatic carbocycles. The largest absolute Gasteiger partial charge is 0.391 e. The first-order valence-corrected chi connectivity index (χ1v) is 8.72. The molecule has 0 atom stereocenters. The van der Waals surface area contributed by atoms with Crippen LogP contribution in [0.1, 0.15) is 10.4 Å². The molecule has 2 rings (SSSR count). The van der Waals surface area contributed by atoms with E-state index >= 15 is 0 Å². The maximum Gasteiger partial charge on any atom is 0.264 e. The van der Waals surface area contributed by atoms with E-state index in [2.05, 4.69) is 15.9 Å². The number of aliphatic hydroxyl groups excluding tert-OH is 1. The zero-order valence-electron chi connectivity index (χ0n) is 10.7. The van der Waals surface area contributed by atoms with Crippen LogP contribution in [0.4, 0.5) is 14.5 Å². The van der Waals surface area contributed by atoms with Crippen molar-refractivity contribution >= 4 is 43.0 Å². The van der Waals surface area contributed by atoms with Crippen LogP contribution in [-0.4, -0.2) is 13.5 Å². The molecule has 4 nitrogen and oxygen atoms in total. The average molecular weight is 398 g/mol. The third-order valence-corrected chi connectivity index (χ3v) is 6.26. The number of hydrogen-bond acceptors (Lipinski definition) is 4. The summed E-state index contributed by atoms with van der Waals surface area (Å²) in [6.45, 7) is 1.07. The van der Waals surface area contributed by atoms with Crippen LogP contribution < -0.4 is 4.72 Å². The lowest BCUT2D eigenvalue weighted by atomic mass is 10.2. The first-order chi connectivity index (χ1) is 9.76. The quantitative estimate of drug-likeness (QED) is 0.830. The zero-order chi connectivity index (χ0) is 15.8. The maximum atomic E-state index is 13.9. The highest BCUT2D eigenvalue weighted by molar-refractivity contribution is 9.11. The minimum absolute atomic E-state index is 0.120. The maximum absolute atomic E-state index is 13.9. The van der Waals surface area contributed by atoms with Crippen LogP contribution in [0.5, 0.6) is 0 Å². The van der Waals surface area contributed by atoms with Crippen molar-refractivity contribution in [3.05, 3.63) is 44.1 Å². The van der Waals surface area contributed by atoms with E-state index in [4.69, 9.17) is 5.11 Å². The molecule has 0 aliphatic heterocycles. The summed E-state index contributed by atoms with van der Waals surface area (Å²) in [5.74, 6) is -1.97. The van der Waals surface area contributed by atoms with Gasteiger partial charge in [0.05, 0.1) is 10.4 Å². The number of nitrogens with one attached hydrogen (secondary N) is 1. The second-order valence-electron chi connectivity index (χ2n) is 4.17. The third-order valence-electron chi connectivity index (χ3n) is 2.67. The van der Waals surface area contributed by atoms with E-state index < -0.39 is 27.3 Å². The van der Waals surface area contributed by atoms with E-state index in [1.165, 1.54) is 19.1 Å². The Morgan fingerprint density at radius 1 is 1.38 bits per heavy atom. The number of thiophene rings is 1. The second kappa shape index (κ2) is 5.99. The molecule has 0 spiro atoms. The highest BCUT2D eigenvalue weighted by atomic mass is 79.9. The fraction of sp³-hybridized carbons (Fsp3) is 0.167. The molecule has 21 heavy (non-hydrogen) atoms. The van der Waals surface area contributed by atoms with E-state index in [0.717, 1.165) is 17.4 Å². The number of aliphatic hydroxyl groups is 1. The Labute approximate surface area is 132 Å². The Hall–Kier alpha value is -1.03. The minimum atomic E-state index is -4.17. The lowest BCUT2D eigenvalue weighted by molar-refractivity contribution is 0.285. The number of sulfonamides is 1. The van der Waals surface area contributed by atoms with Crippen LogP contribution in [0.15, 0.2) is 26.9 Å². The van der Waals surface area contributed by atoms with Crippen LogP contribution in [0.25, 0.3) is 0 Å². The molecule has 1 aromatic carbocycles. The molecule has 0 saturated heterocycles. The molecule has 2 N–H and O–H groups in total. The standard InChI is InChI=1S/C12H10BrF2NO3S2/c1-6-2-3-8(14)11(10(6)15)16-21(18,19)9-4-7(5-17)20-12(9)13/h2-4,16-17H,5H2,1H3. The van der Waals surface area contributed by atoms with Crippen LogP contribution >= 0.6 is 27.3 Å². The Kier molecular flexibility index (Phi) is 4.66. The smallest absolute Gasteiger partial charge is 0.264 e. The molecule has 0 amide bonds. The van der Waals surface area contributed by atoms with Gasteiger partial charge in [-0.1, -0.05) is 6.07 Å². The van der Waals surface area contributed by atoms with Crippen LogP contribution in [0.3, 0.4) is 0 Å². The van der Waals surface area contributed by atoms with Crippen molar-refractivity contribution in [2.24, 2.45) is 0 Å². The molecule has 9 heteroatoms. The number of benzene rings is 1. The molecule has 1 aromatic heterocycles. The molecule has 0 fully saturated rings. The summed E-state index contributed by atoms with van der Waals surface area (Å²) < 4.78 is 54.1. The molecule has 0 unspecified atom stereocenters. The van der Waals surface area contributed by atoms with Gasteiger partial charge in [-0.15, -0.1) is 11.3 Å². The summed E-state index contributed by atoms with van der Waals surface area (Å²) in [5.41, 5.74) is -0.604. The number of rotatable bonds is 4. The lowest BCUT2D eigenvalue weighted by Crippen LogP contribution is -2.15. The van der Waals surface area contributed by atoms with Crippen molar-refractivity contribution in [2.75, 3.05) is 4.72 Å². The van der Waals surface area contributed by atoms with Crippen molar-refractivity contribution in [2.45, 2.75) is 18.4 Å². The van der Waals surface area contributed by atoms with E-state index in [9.17, 15) is 17.2 Å². The zero-order valence-corrected chi connectivity index (χ0v) is 13.9. The summed E-state index contributed by atoms with van der Waals surface area (Å²) in [4.78, 5) is 0.226. The van der Waals surface area contributed by atoms with E-state index in [-0.39, 0.29) is 20.9 Å². The topological polar surface area (TPSA) is 66.4 Å². The molecular formula is C12H10BrF2NO3S2. The second-order valence-corrected chi connectivity index (χ2v) is 8.27. The van der Waals surface area contributed by atoms with Gasteiger partial charge < -0.3 is 5.11 Å². The van der Waals surface area contributed by atoms with Crippen molar-refractivity contribution in [3.63, 3.8) is 0 Å². The van der Waals surface area contributed by atoms with Gasteiger partial charge in [-0.25, -0.2) is 17.2 Å². The van der Waals surface area contributed by atoms with Gasteiger partial charge in [0.25, 0.3) is 10.0 Å². The lowest BCUT2D eigenvalue weighted by Gasteiger charge is -2.10. The molecule has 1 heterocycles. The predicted octanol–water partition coefficient (Wildman–Crippen LogP) is 3.39. The fourth-order valence-corrected chi connectivity index (χ4v) is 5.21. The molecule has 0 bridgehead atoms. The van der Waals surface area contributed by atoms with Gasteiger partial charge in [0.1, 0.15) is 16.4 Å². The Morgan fingerprint density at radius 3 is 2.62 bits per heavy atom. The minimum Gasteiger partial charge on any atom is -0.391 e. The molecule has 2 aromatic rings. The van der Waals surface area contributed by atoms with Crippen LogP contribution in [0, 0.1) is 18.6 Å². The van der Waals surface area contributed by atoms with Crippen LogP contribution in [0.2, 0.25) is 0 Å². The van der Waals surface area contributed by atoms with Crippen molar-refractivity contribution in [1.82, 2.24) is 0 Å². The summed E-state index contributed by atoms with van der Waals surface area (Å²) in [7, 11) is -4.17. The van der Waals surface area contributed by atoms with Gasteiger partial charge >= 0.3 is 0 Å². The summed E-state index contributed by atoms with van der Waals surface area (Å²) in [6.07, 6.45) is 0. The van der Waals surface area contributed by atoms with Crippen molar-refractivity contribution < 1.29 is 22.3 Å². The third kappa shape index (κ3) is 3.25. The summed E-state index contributed by atoms with van der Waals surface area (Å²) in [6, 6.07) is 3.44. The summed E-state index contributed by atoms with van der Waals surface area (Å²) >= 11 is 4.08. The van der Waals surface area contributed by atoms with Gasteiger partial charge in [-0.3, -0.25) is 4.72 Å². The van der Waals surface area contributed by atoms with Gasteiger partial charge in [0, 0.05) is 4.88 Å². The Bertz CT molecular complexity index is 790. The molecule has 114 valence electrons. The van der Waals surface area contributed by atoms with Gasteiger partial charge in [0.2, 0.25) is 0 Å². The highest BCUT2D eigenvalue weighted by Gasteiger charge is 2.24. The van der Waals surface area contributed by atoms with Crippen LogP contribution in [-0.2, 0) is 16.6 Å².